The first kappa shape index (κ1) is 10.4. The van der Waals surface area contributed by atoms with E-state index in [0.29, 0.717) is 16.4 Å². The summed E-state index contributed by atoms with van der Waals surface area (Å²) in [6.45, 7) is 0. The van der Waals surface area contributed by atoms with Crippen LogP contribution in [0, 0.1) is 11.8 Å². The van der Waals surface area contributed by atoms with E-state index in [1.54, 1.807) is 0 Å². The third kappa shape index (κ3) is 2.64. The average molecular weight is 211 g/mol. The standard InChI is InChI=1S/C9H7ClN2O2/c1-14-9(13)3-2-6-5-12-8(11)4-7(6)10/h4-5H,1H3,(H2,11,12). The SMILES string of the molecule is COC(=O)C#Cc1cnc(N)cc1Cl. The van der Waals surface area contributed by atoms with Crippen molar-refractivity contribution >= 4 is 23.4 Å². The van der Waals surface area contributed by atoms with Crippen LogP contribution in [0.5, 0.6) is 0 Å². The zero-order valence-electron chi connectivity index (χ0n) is 7.37. The van der Waals surface area contributed by atoms with Gasteiger partial charge in [-0.05, 0) is 0 Å². The highest BCUT2D eigenvalue weighted by Crippen LogP contribution is 2.15. The molecule has 0 atom stereocenters. The first-order valence-electron chi connectivity index (χ1n) is 3.64. The molecular formula is C9H7ClN2O2. The Labute approximate surface area is 86.0 Å². The minimum absolute atomic E-state index is 0.304. The summed E-state index contributed by atoms with van der Waals surface area (Å²) >= 11 is 5.78. The molecule has 0 bridgehead atoms. The number of rotatable bonds is 0. The van der Waals surface area contributed by atoms with Gasteiger partial charge in [0, 0.05) is 18.2 Å². The summed E-state index contributed by atoms with van der Waals surface area (Å²) in [7, 11) is 1.25. The van der Waals surface area contributed by atoms with Crippen molar-refractivity contribution in [1.29, 1.82) is 0 Å². The number of hydrogen-bond donors (Lipinski definition) is 1. The molecule has 0 spiro atoms. The number of pyridine rings is 1. The van der Waals surface area contributed by atoms with E-state index in [-0.39, 0.29) is 0 Å². The zero-order chi connectivity index (χ0) is 10.6. The molecule has 4 nitrogen and oxygen atoms in total. The highest BCUT2D eigenvalue weighted by molar-refractivity contribution is 6.32. The fraction of sp³-hybridized carbons (Fsp3) is 0.111. The molecule has 0 aromatic carbocycles. The zero-order valence-corrected chi connectivity index (χ0v) is 8.13. The predicted octanol–water partition coefficient (Wildman–Crippen LogP) is 0.842. The fourth-order valence-electron chi connectivity index (χ4n) is 0.707. The molecule has 2 N–H and O–H groups in total. The largest absolute Gasteiger partial charge is 0.459 e. The van der Waals surface area contributed by atoms with Gasteiger partial charge >= 0.3 is 5.97 Å². The highest BCUT2D eigenvalue weighted by Gasteiger charge is 1.98. The molecule has 0 unspecified atom stereocenters. The number of ether oxygens (including phenoxy) is 1. The van der Waals surface area contributed by atoms with Crippen LogP contribution in [0.15, 0.2) is 12.3 Å². The van der Waals surface area contributed by atoms with E-state index in [1.807, 2.05) is 0 Å². The summed E-state index contributed by atoms with van der Waals surface area (Å²) in [5.74, 6) is 4.43. The molecule has 0 aliphatic heterocycles. The normalized spacial score (nSPS) is 8.71. The molecule has 72 valence electrons. The second-order valence-electron chi connectivity index (χ2n) is 2.33. The molecule has 0 aliphatic carbocycles. The summed E-state index contributed by atoms with van der Waals surface area (Å²) < 4.78 is 4.33. The summed E-state index contributed by atoms with van der Waals surface area (Å²) in [4.78, 5) is 14.5. The summed E-state index contributed by atoms with van der Waals surface area (Å²) in [5.41, 5.74) is 5.81. The summed E-state index contributed by atoms with van der Waals surface area (Å²) in [5, 5.41) is 0.355. The van der Waals surface area contributed by atoms with Crippen molar-refractivity contribution in [3.63, 3.8) is 0 Å². The molecule has 0 aliphatic rings. The van der Waals surface area contributed by atoms with E-state index in [1.165, 1.54) is 19.4 Å². The number of anilines is 1. The molecule has 0 saturated heterocycles. The minimum atomic E-state index is -0.627. The number of methoxy groups -OCH3 is 1. The fourth-order valence-corrected chi connectivity index (χ4v) is 0.915. The van der Waals surface area contributed by atoms with E-state index < -0.39 is 5.97 Å². The minimum Gasteiger partial charge on any atom is -0.459 e. The van der Waals surface area contributed by atoms with E-state index >= 15 is 0 Å². The topological polar surface area (TPSA) is 65.2 Å². The van der Waals surface area contributed by atoms with Crippen molar-refractivity contribution in [2.45, 2.75) is 0 Å². The van der Waals surface area contributed by atoms with Gasteiger partial charge in [-0.3, -0.25) is 0 Å². The molecule has 0 fully saturated rings. The lowest BCUT2D eigenvalue weighted by atomic mass is 10.3. The van der Waals surface area contributed by atoms with E-state index in [4.69, 9.17) is 17.3 Å². The maximum atomic E-state index is 10.7. The van der Waals surface area contributed by atoms with Crippen molar-refractivity contribution in [3.8, 4) is 11.8 Å². The number of nitrogens with two attached hydrogens (primary N) is 1. The number of carbonyl (C=O) groups excluding carboxylic acids is 1. The molecule has 5 heteroatoms. The van der Waals surface area contributed by atoms with Gasteiger partial charge < -0.3 is 10.5 Å². The van der Waals surface area contributed by atoms with E-state index in [0.717, 1.165) is 0 Å². The van der Waals surface area contributed by atoms with Crippen LogP contribution in [-0.2, 0) is 9.53 Å². The van der Waals surface area contributed by atoms with Crippen LogP contribution in [0.4, 0.5) is 5.82 Å². The Bertz CT molecular complexity index is 421. The Morgan fingerprint density at radius 3 is 3.00 bits per heavy atom. The molecule has 0 saturated carbocycles. The maximum Gasteiger partial charge on any atom is 0.384 e. The van der Waals surface area contributed by atoms with Gasteiger partial charge in [-0.15, -0.1) is 0 Å². The maximum absolute atomic E-state index is 10.7. The second kappa shape index (κ2) is 4.49. The van der Waals surface area contributed by atoms with Gasteiger partial charge in [-0.25, -0.2) is 9.78 Å². The summed E-state index contributed by atoms with van der Waals surface area (Å²) in [6, 6.07) is 1.46. The lowest BCUT2D eigenvalue weighted by molar-refractivity contribution is -0.133. The molecule has 1 aromatic rings. The van der Waals surface area contributed by atoms with Crippen LogP contribution in [-0.4, -0.2) is 18.1 Å². The Morgan fingerprint density at radius 2 is 2.43 bits per heavy atom. The van der Waals surface area contributed by atoms with Gasteiger partial charge in [0.05, 0.1) is 17.7 Å². The van der Waals surface area contributed by atoms with Crippen LogP contribution >= 0.6 is 11.6 Å². The van der Waals surface area contributed by atoms with Gasteiger partial charge in [0.1, 0.15) is 5.82 Å². The van der Waals surface area contributed by atoms with Gasteiger partial charge in [0.2, 0.25) is 0 Å². The monoisotopic (exact) mass is 210 g/mol. The number of carbonyl (C=O) groups is 1. The second-order valence-corrected chi connectivity index (χ2v) is 2.74. The average Bonchev–Trinajstić information content (AvgIpc) is 2.16. The van der Waals surface area contributed by atoms with E-state index in [2.05, 4.69) is 21.6 Å². The molecule has 14 heavy (non-hydrogen) atoms. The van der Waals surface area contributed by atoms with Gasteiger partial charge in [0.25, 0.3) is 0 Å². The summed E-state index contributed by atoms with van der Waals surface area (Å²) in [6.07, 6.45) is 1.40. The predicted molar refractivity (Wildman–Crippen MR) is 52.6 cm³/mol. The van der Waals surface area contributed by atoms with Crippen molar-refractivity contribution in [3.05, 3.63) is 22.8 Å². The highest BCUT2D eigenvalue weighted by atomic mass is 35.5. The third-order valence-corrected chi connectivity index (χ3v) is 1.67. The smallest absolute Gasteiger partial charge is 0.384 e. The van der Waals surface area contributed by atoms with Crippen LogP contribution in [0.25, 0.3) is 0 Å². The third-order valence-electron chi connectivity index (χ3n) is 1.36. The molecule has 1 heterocycles. The molecular weight excluding hydrogens is 204 g/mol. The Balaban J connectivity index is 2.96. The molecule has 1 aromatic heterocycles. The van der Waals surface area contributed by atoms with Crippen molar-refractivity contribution in [2.24, 2.45) is 0 Å². The number of halogens is 1. The number of esters is 1. The Kier molecular flexibility index (Phi) is 3.32. The lowest BCUT2D eigenvalue weighted by Crippen LogP contribution is -1.95. The number of hydrogen-bond acceptors (Lipinski definition) is 4. The van der Waals surface area contributed by atoms with Gasteiger partial charge in [-0.1, -0.05) is 17.5 Å². The van der Waals surface area contributed by atoms with Crippen LogP contribution in [0.2, 0.25) is 5.02 Å². The van der Waals surface area contributed by atoms with Gasteiger partial charge in [-0.2, -0.15) is 0 Å². The van der Waals surface area contributed by atoms with Crippen LogP contribution < -0.4 is 5.73 Å². The van der Waals surface area contributed by atoms with Crippen LogP contribution in [0.1, 0.15) is 5.56 Å². The van der Waals surface area contributed by atoms with Crippen molar-refractivity contribution < 1.29 is 9.53 Å². The Morgan fingerprint density at radius 1 is 1.71 bits per heavy atom. The Hall–Kier alpha value is -1.73. The van der Waals surface area contributed by atoms with Gasteiger partial charge in [0.15, 0.2) is 0 Å². The molecule has 1 rings (SSSR count). The van der Waals surface area contributed by atoms with Crippen molar-refractivity contribution in [2.75, 3.05) is 12.8 Å². The molecule has 0 amide bonds. The quantitative estimate of drug-likeness (QED) is 0.509. The molecule has 0 radical (unpaired) electrons. The number of nitrogens with zero attached hydrogens (tertiary/aromatic N) is 1. The lowest BCUT2D eigenvalue weighted by Gasteiger charge is -1.95. The van der Waals surface area contributed by atoms with E-state index in [9.17, 15) is 4.79 Å². The van der Waals surface area contributed by atoms with Crippen LogP contribution in [0.3, 0.4) is 0 Å². The first-order chi connectivity index (χ1) is 6.63. The van der Waals surface area contributed by atoms with Crippen molar-refractivity contribution in [1.82, 2.24) is 4.98 Å². The number of nitrogen functional groups attached to an aromatic ring is 1. The number of aromatic nitrogens is 1. The first-order valence-corrected chi connectivity index (χ1v) is 4.02.